The number of para-hydroxylation sites is 2. The summed E-state index contributed by atoms with van der Waals surface area (Å²) in [6, 6.07) is 23.0. The Morgan fingerprint density at radius 1 is 1.12 bits per heavy atom. The van der Waals surface area contributed by atoms with Crippen molar-refractivity contribution < 1.29 is 29.1 Å². The van der Waals surface area contributed by atoms with Gasteiger partial charge in [-0.2, -0.15) is 35.6 Å². The maximum absolute atomic E-state index is 9.32. The zero-order valence-corrected chi connectivity index (χ0v) is 16.2. The maximum atomic E-state index is 9.32. The van der Waals surface area contributed by atoms with Crippen LogP contribution in [0, 0.1) is 23.7 Å². The van der Waals surface area contributed by atoms with E-state index in [4.69, 9.17) is 4.42 Å². The van der Waals surface area contributed by atoms with E-state index in [-0.39, 0.29) is 20.1 Å². The molecule has 0 fully saturated rings. The second-order valence-corrected chi connectivity index (χ2v) is 5.98. The fraction of sp³-hybridized carbons (Fsp3) is 0.0476. The van der Waals surface area contributed by atoms with E-state index in [0.29, 0.717) is 11.1 Å². The summed E-state index contributed by atoms with van der Waals surface area (Å²) < 4.78 is 9.91. The fourth-order valence-corrected chi connectivity index (χ4v) is 3.32. The van der Waals surface area contributed by atoms with Crippen molar-refractivity contribution in [1.82, 2.24) is 4.57 Å². The van der Waals surface area contributed by atoms with Crippen molar-refractivity contribution in [1.29, 1.82) is 5.26 Å². The molecule has 5 aromatic rings. The molecule has 0 aliphatic rings. The minimum atomic E-state index is 0. The molecular weight excluding hydrogens is 502 g/mol. The van der Waals surface area contributed by atoms with Crippen LogP contribution in [0.4, 0.5) is 0 Å². The Bertz CT molecular complexity index is 1310. The van der Waals surface area contributed by atoms with Gasteiger partial charge < -0.3 is 13.6 Å². The molecule has 0 bridgehead atoms. The molecule has 0 N–H and O–H groups in total. The first kappa shape index (κ1) is 16.5. The van der Waals surface area contributed by atoms with Crippen molar-refractivity contribution >= 4 is 33.0 Å². The van der Waals surface area contributed by atoms with Crippen LogP contribution < -0.4 is 4.57 Å². The molecule has 0 saturated heterocycles. The van der Waals surface area contributed by atoms with Gasteiger partial charge in [0.05, 0.1) is 23.6 Å². The summed E-state index contributed by atoms with van der Waals surface area (Å²) in [5, 5.41) is 11.3. The average molecular weight is 515 g/mol. The van der Waals surface area contributed by atoms with Crippen LogP contribution in [-0.2, 0) is 27.2 Å². The summed E-state index contributed by atoms with van der Waals surface area (Å²) >= 11 is 0. The zero-order valence-electron chi connectivity index (χ0n) is 13.8. The third-order valence-electron chi connectivity index (χ3n) is 4.50. The van der Waals surface area contributed by atoms with Gasteiger partial charge in [0.1, 0.15) is 11.7 Å². The van der Waals surface area contributed by atoms with Gasteiger partial charge in [0.15, 0.2) is 5.58 Å². The first-order valence-corrected chi connectivity index (χ1v) is 7.92. The Morgan fingerprint density at radius 3 is 2.77 bits per heavy atom. The molecule has 3 aromatic carbocycles. The molecular formula is C21H12IrN3O-. The molecule has 2 aromatic heterocycles. The largest absolute Gasteiger partial charge is 0.455 e. The van der Waals surface area contributed by atoms with Gasteiger partial charge in [0.25, 0.3) is 0 Å². The van der Waals surface area contributed by atoms with Crippen LogP contribution in [0.2, 0.25) is 0 Å². The summed E-state index contributed by atoms with van der Waals surface area (Å²) in [7, 11) is 1.96. The molecule has 127 valence electrons. The van der Waals surface area contributed by atoms with Gasteiger partial charge in [-0.15, -0.1) is 0 Å². The number of rotatable bonds is 1. The molecule has 0 aliphatic carbocycles. The standard InChI is InChI=1S/C21H12N3O.Ir/c1-23-13-24(15-7-3-2-4-8-15)19-10-17-16-9-5-6-14(12-22)21(16)25-20(17)11-18(19)23;/h2-7,9-11H,1H3;/q-1;. The number of furan rings is 1. The predicted molar refractivity (Wildman–Crippen MR) is 94.1 cm³/mol. The summed E-state index contributed by atoms with van der Waals surface area (Å²) in [5.74, 6) is 0. The molecule has 0 spiro atoms. The fourth-order valence-electron chi connectivity index (χ4n) is 3.32. The first-order valence-electron chi connectivity index (χ1n) is 7.92. The summed E-state index contributed by atoms with van der Waals surface area (Å²) in [6.07, 6.45) is 3.31. The van der Waals surface area contributed by atoms with Crippen molar-refractivity contribution in [3.05, 3.63) is 72.6 Å². The first-order chi connectivity index (χ1) is 12.3. The van der Waals surface area contributed by atoms with Crippen LogP contribution in [0.25, 0.3) is 38.7 Å². The van der Waals surface area contributed by atoms with E-state index in [1.807, 2.05) is 58.6 Å². The van der Waals surface area contributed by atoms with Gasteiger partial charge in [0.2, 0.25) is 6.33 Å². The van der Waals surface area contributed by atoms with E-state index in [0.717, 1.165) is 33.1 Å². The molecule has 0 aliphatic heterocycles. The van der Waals surface area contributed by atoms with E-state index < -0.39 is 0 Å². The van der Waals surface area contributed by atoms with E-state index in [1.54, 1.807) is 6.07 Å². The van der Waals surface area contributed by atoms with Crippen molar-refractivity contribution in [2.75, 3.05) is 0 Å². The molecule has 0 saturated carbocycles. The third kappa shape index (κ3) is 2.28. The minimum Gasteiger partial charge on any atom is -0.455 e. The minimum absolute atomic E-state index is 0. The normalized spacial score (nSPS) is 10.9. The van der Waals surface area contributed by atoms with Crippen LogP contribution in [0.15, 0.2) is 59.0 Å². The number of hydrogen-bond acceptors (Lipinski definition) is 2. The van der Waals surface area contributed by atoms with Crippen molar-refractivity contribution in [3.63, 3.8) is 0 Å². The Kier molecular flexibility index (Phi) is 3.88. The molecule has 5 heteroatoms. The number of fused-ring (bicyclic) bond motifs is 4. The molecule has 1 radical (unpaired) electrons. The van der Waals surface area contributed by atoms with Crippen LogP contribution in [0.5, 0.6) is 0 Å². The van der Waals surface area contributed by atoms with Gasteiger partial charge in [-0.1, -0.05) is 23.9 Å². The molecule has 0 amide bonds. The van der Waals surface area contributed by atoms with Crippen molar-refractivity contribution in [3.8, 4) is 11.8 Å². The predicted octanol–water partition coefficient (Wildman–Crippen LogP) is 3.82. The van der Waals surface area contributed by atoms with Crippen LogP contribution in [0.3, 0.4) is 0 Å². The molecule has 26 heavy (non-hydrogen) atoms. The van der Waals surface area contributed by atoms with Crippen LogP contribution in [-0.4, -0.2) is 4.57 Å². The molecule has 4 nitrogen and oxygen atoms in total. The number of imidazole rings is 1. The van der Waals surface area contributed by atoms with E-state index in [9.17, 15) is 5.26 Å². The second-order valence-electron chi connectivity index (χ2n) is 5.98. The topological polar surface area (TPSA) is 45.7 Å². The number of nitriles is 1. The number of aromatic nitrogens is 2. The summed E-state index contributed by atoms with van der Waals surface area (Å²) in [4.78, 5) is 0. The maximum Gasteiger partial charge on any atom is 0.242 e. The third-order valence-corrected chi connectivity index (χ3v) is 4.50. The zero-order chi connectivity index (χ0) is 17.0. The van der Waals surface area contributed by atoms with Crippen molar-refractivity contribution in [2.24, 2.45) is 7.05 Å². The van der Waals surface area contributed by atoms with E-state index in [2.05, 4.69) is 24.5 Å². The van der Waals surface area contributed by atoms with E-state index >= 15 is 0 Å². The van der Waals surface area contributed by atoms with Gasteiger partial charge in [0, 0.05) is 30.9 Å². The van der Waals surface area contributed by atoms with Gasteiger partial charge in [-0.3, -0.25) is 0 Å². The SMILES string of the molecule is C[n+]1[c-]n(-c2[c-]cccc2)c2cc3c(cc21)oc1c(C#N)cccc13.[Ir]. The molecule has 5 rings (SSSR count). The summed E-state index contributed by atoms with van der Waals surface area (Å²) in [5.41, 5.74) is 4.90. The number of nitrogens with zero attached hydrogens (tertiary/aromatic N) is 3. The van der Waals surface area contributed by atoms with Crippen LogP contribution >= 0.6 is 0 Å². The molecule has 0 unspecified atom stereocenters. The van der Waals surface area contributed by atoms with Crippen molar-refractivity contribution in [2.45, 2.75) is 0 Å². The Hall–Kier alpha value is -2.93. The quantitative estimate of drug-likeness (QED) is 0.252. The average Bonchev–Trinajstić information content (AvgIpc) is 3.18. The monoisotopic (exact) mass is 515 g/mol. The second kappa shape index (κ2) is 6.10. The Morgan fingerprint density at radius 2 is 2.00 bits per heavy atom. The van der Waals surface area contributed by atoms with Gasteiger partial charge >= 0.3 is 0 Å². The van der Waals surface area contributed by atoms with Gasteiger partial charge in [-0.25, -0.2) is 0 Å². The Labute approximate surface area is 163 Å². The number of benzene rings is 3. The molecule has 2 heterocycles. The van der Waals surface area contributed by atoms with Gasteiger partial charge in [-0.05, 0) is 12.1 Å². The number of hydrogen-bond donors (Lipinski definition) is 0. The number of aryl methyl sites for hydroxylation is 1. The molecule has 0 atom stereocenters. The Balaban J connectivity index is 0.00000168. The van der Waals surface area contributed by atoms with E-state index in [1.165, 1.54) is 0 Å². The smallest absolute Gasteiger partial charge is 0.242 e. The summed E-state index contributed by atoms with van der Waals surface area (Å²) in [6.45, 7) is 0. The van der Waals surface area contributed by atoms with Crippen LogP contribution in [0.1, 0.15) is 5.56 Å².